The number of ketones is 1. The molecule has 2 unspecified atom stereocenters. The minimum Gasteiger partial charge on any atom is -0.395 e. The average molecular weight is 296 g/mol. The van der Waals surface area contributed by atoms with Gasteiger partial charge in [-0.1, -0.05) is 48.0 Å². The molecular formula is C15H15ClFNO2. The highest BCUT2D eigenvalue weighted by Gasteiger charge is 2.41. The molecule has 0 fully saturated rings. The van der Waals surface area contributed by atoms with Crippen LogP contribution in [-0.4, -0.2) is 29.8 Å². The van der Waals surface area contributed by atoms with E-state index in [9.17, 15) is 9.18 Å². The second kappa shape index (κ2) is 6.31. The van der Waals surface area contributed by atoms with Crippen LogP contribution < -0.4 is 5.32 Å². The maximum atomic E-state index is 14.9. The van der Waals surface area contributed by atoms with Gasteiger partial charge < -0.3 is 5.11 Å². The van der Waals surface area contributed by atoms with Crippen LogP contribution in [0.25, 0.3) is 0 Å². The van der Waals surface area contributed by atoms with E-state index in [2.05, 4.69) is 5.32 Å². The van der Waals surface area contributed by atoms with Crippen molar-refractivity contribution in [3.63, 3.8) is 0 Å². The molecule has 1 aliphatic carbocycles. The van der Waals surface area contributed by atoms with Crippen LogP contribution in [0.2, 0.25) is 0 Å². The van der Waals surface area contributed by atoms with Crippen LogP contribution in [0.4, 0.5) is 4.39 Å². The predicted octanol–water partition coefficient (Wildman–Crippen LogP) is 2.43. The third kappa shape index (κ3) is 3.15. The molecule has 0 aromatic heterocycles. The molecule has 1 aromatic rings. The number of aliphatic hydroxyl groups excluding tert-OH is 1. The molecule has 0 saturated heterocycles. The molecule has 2 rings (SSSR count). The molecular weight excluding hydrogens is 281 g/mol. The van der Waals surface area contributed by atoms with E-state index in [4.69, 9.17) is 16.7 Å². The second-order valence-electron chi connectivity index (χ2n) is 4.51. The van der Waals surface area contributed by atoms with Gasteiger partial charge in [-0.05, 0) is 12.2 Å². The fraction of sp³-hybridized carbons (Fsp3) is 0.267. The van der Waals surface area contributed by atoms with Gasteiger partial charge in [-0.3, -0.25) is 10.1 Å². The predicted molar refractivity (Wildman–Crippen MR) is 76.3 cm³/mol. The zero-order valence-corrected chi connectivity index (χ0v) is 11.5. The topological polar surface area (TPSA) is 49.3 Å². The normalized spacial score (nSPS) is 25.4. The van der Waals surface area contributed by atoms with E-state index in [1.165, 1.54) is 18.2 Å². The first kappa shape index (κ1) is 14.9. The summed E-state index contributed by atoms with van der Waals surface area (Å²) in [6.07, 6.45) is 4.01. The second-order valence-corrected chi connectivity index (χ2v) is 4.95. The molecule has 2 atom stereocenters. The summed E-state index contributed by atoms with van der Waals surface area (Å²) in [6, 6.07) is 8.49. The third-order valence-electron chi connectivity index (χ3n) is 3.11. The first-order chi connectivity index (χ1) is 9.57. The summed E-state index contributed by atoms with van der Waals surface area (Å²) in [5, 5.41) is 11.7. The fourth-order valence-electron chi connectivity index (χ4n) is 2.11. The van der Waals surface area contributed by atoms with Gasteiger partial charge in [0.05, 0.1) is 12.5 Å². The standard InChI is InChI=1S/C15H15ClFNO2/c16-12-6-7-15(17,18-8-9-19)13(10-12)14(20)11-4-2-1-3-5-11/h1-7,10,13,18-19H,8-9H2. The Morgan fingerprint density at radius 2 is 2.10 bits per heavy atom. The van der Waals surface area contributed by atoms with Gasteiger partial charge in [-0.2, -0.15) is 0 Å². The Bertz CT molecular complexity index is 544. The summed E-state index contributed by atoms with van der Waals surface area (Å²) in [7, 11) is 0. The Kier molecular flexibility index (Phi) is 4.70. The molecule has 0 amide bonds. The maximum absolute atomic E-state index is 14.9. The maximum Gasteiger partial charge on any atom is 0.194 e. The van der Waals surface area contributed by atoms with Crippen molar-refractivity contribution in [1.29, 1.82) is 0 Å². The van der Waals surface area contributed by atoms with Gasteiger partial charge in [-0.15, -0.1) is 0 Å². The van der Waals surface area contributed by atoms with Crippen LogP contribution in [0.3, 0.4) is 0 Å². The monoisotopic (exact) mass is 295 g/mol. The van der Waals surface area contributed by atoms with Crippen LogP contribution in [-0.2, 0) is 0 Å². The van der Waals surface area contributed by atoms with Gasteiger partial charge >= 0.3 is 0 Å². The molecule has 2 N–H and O–H groups in total. The number of carbonyl (C=O) groups is 1. The van der Waals surface area contributed by atoms with Crippen molar-refractivity contribution in [2.24, 2.45) is 5.92 Å². The summed E-state index contributed by atoms with van der Waals surface area (Å²) in [4.78, 5) is 12.4. The molecule has 0 radical (unpaired) electrons. The summed E-state index contributed by atoms with van der Waals surface area (Å²) >= 11 is 5.88. The Morgan fingerprint density at radius 3 is 2.75 bits per heavy atom. The number of rotatable bonds is 5. The smallest absolute Gasteiger partial charge is 0.194 e. The summed E-state index contributed by atoms with van der Waals surface area (Å²) in [6.45, 7) is -0.173. The van der Waals surface area contributed by atoms with Gasteiger partial charge in [0.15, 0.2) is 11.6 Å². The third-order valence-corrected chi connectivity index (χ3v) is 3.36. The Hall–Kier alpha value is -1.49. The van der Waals surface area contributed by atoms with Crippen molar-refractivity contribution >= 4 is 17.4 Å². The number of hydrogen-bond acceptors (Lipinski definition) is 3. The molecule has 0 bridgehead atoms. The van der Waals surface area contributed by atoms with Gasteiger partial charge in [-0.25, -0.2) is 4.39 Å². The molecule has 0 spiro atoms. The first-order valence-corrected chi connectivity index (χ1v) is 6.65. The van der Waals surface area contributed by atoms with E-state index in [0.29, 0.717) is 10.6 Å². The lowest BCUT2D eigenvalue weighted by atomic mass is 9.85. The van der Waals surface area contributed by atoms with E-state index in [1.807, 2.05) is 0 Å². The lowest BCUT2D eigenvalue weighted by Crippen LogP contribution is -2.50. The first-order valence-electron chi connectivity index (χ1n) is 6.27. The number of alkyl halides is 1. The lowest BCUT2D eigenvalue weighted by Gasteiger charge is -2.31. The molecule has 5 heteroatoms. The van der Waals surface area contributed by atoms with Crippen LogP contribution in [0.5, 0.6) is 0 Å². The van der Waals surface area contributed by atoms with Gasteiger partial charge in [0, 0.05) is 17.1 Å². The van der Waals surface area contributed by atoms with Crippen LogP contribution in [0.1, 0.15) is 10.4 Å². The number of hydrogen-bond donors (Lipinski definition) is 2. The van der Waals surface area contributed by atoms with E-state index in [0.717, 1.165) is 0 Å². The van der Waals surface area contributed by atoms with E-state index >= 15 is 0 Å². The van der Waals surface area contributed by atoms with Crippen LogP contribution in [0, 0.1) is 5.92 Å². The summed E-state index contributed by atoms with van der Waals surface area (Å²) < 4.78 is 14.9. The quantitative estimate of drug-likeness (QED) is 0.648. The van der Waals surface area contributed by atoms with E-state index in [1.54, 1.807) is 30.3 Å². The highest BCUT2D eigenvalue weighted by molar-refractivity contribution is 6.31. The SMILES string of the molecule is O=C(c1ccccc1)C1C=C(Cl)C=CC1(F)NCCO. The van der Waals surface area contributed by atoms with Crippen molar-refractivity contribution in [3.8, 4) is 0 Å². The Labute approximate surface area is 121 Å². The molecule has 106 valence electrons. The Morgan fingerprint density at radius 1 is 1.40 bits per heavy atom. The molecule has 3 nitrogen and oxygen atoms in total. The highest BCUT2D eigenvalue weighted by Crippen LogP contribution is 2.32. The van der Waals surface area contributed by atoms with Gasteiger partial charge in [0.1, 0.15) is 0 Å². The number of carbonyl (C=O) groups excluding carboxylic acids is 1. The van der Waals surface area contributed by atoms with Gasteiger partial charge in [0.2, 0.25) is 0 Å². The zero-order valence-electron chi connectivity index (χ0n) is 10.7. The summed E-state index contributed by atoms with van der Waals surface area (Å²) in [5.74, 6) is -3.47. The number of halogens is 2. The van der Waals surface area contributed by atoms with Crippen LogP contribution >= 0.6 is 11.6 Å². The van der Waals surface area contributed by atoms with Crippen molar-refractivity contribution < 1.29 is 14.3 Å². The van der Waals surface area contributed by atoms with Crippen molar-refractivity contribution in [1.82, 2.24) is 5.32 Å². The Balaban J connectivity index is 2.30. The molecule has 0 heterocycles. The largest absolute Gasteiger partial charge is 0.395 e. The number of nitrogens with one attached hydrogen (secondary N) is 1. The van der Waals surface area contributed by atoms with Crippen LogP contribution in [0.15, 0.2) is 53.6 Å². The summed E-state index contributed by atoms with van der Waals surface area (Å²) in [5.41, 5.74) is 0.418. The molecule has 1 aliphatic rings. The minimum absolute atomic E-state index is 0.0465. The number of aliphatic hydroxyl groups is 1. The average Bonchev–Trinajstić information content (AvgIpc) is 2.48. The van der Waals surface area contributed by atoms with E-state index < -0.39 is 11.7 Å². The van der Waals surface area contributed by atoms with Crippen molar-refractivity contribution in [2.45, 2.75) is 5.79 Å². The highest BCUT2D eigenvalue weighted by atomic mass is 35.5. The number of allylic oxidation sites excluding steroid dienone is 2. The molecule has 20 heavy (non-hydrogen) atoms. The number of benzene rings is 1. The van der Waals surface area contributed by atoms with E-state index in [-0.39, 0.29) is 18.9 Å². The number of Topliss-reactive ketones (excluding diaryl/α,β-unsaturated/α-hetero) is 1. The van der Waals surface area contributed by atoms with Crippen molar-refractivity contribution in [3.05, 3.63) is 59.2 Å². The minimum atomic E-state index is -2.05. The fourth-order valence-corrected chi connectivity index (χ4v) is 2.29. The molecule has 0 aliphatic heterocycles. The van der Waals surface area contributed by atoms with Crippen molar-refractivity contribution in [2.75, 3.05) is 13.2 Å². The zero-order chi connectivity index (χ0) is 14.6. The lowest BCUT2D eigenvalue weighted by molar-refractivity contribution is 0.0693. The van der Waals surface area contributed by atoms with Gasteiger partial charge in [0.25, 0.3) is 0 Å². The molecule has 0 saturated carbocycles. The molecule has 1 aromatic carbocycles.